The molecule has 2 aromatic rings. The van der Waals surface area contributed by atoms with Crippen LogP contribution in [0.3, 0.4) is 0 Å². The molecule has 1 heterocycles. The number of nitrogens with zero attached hydrogens (tertiary/aromatic N) is 1. The van der Waals surface area contributed by atoms with Gasteiger partial charge in [-0.1, -0.05) is 30.3 Å². The lowest BCUT2D eigenvalue weighted by atomic mass is 10.0. The number of nitrogens with two attached hydrogens (primary N) is 1. The number of nitrogens with one attached hydrogen (secondary N) is 1. The number of anilines is 1. The summed E-state index contributed by atoms with van der Waals surface area (Å²) in [7, 11) is 2.03. The van der Waals surface area contributed by atoms with Crippen molar-refractivity contribution in [3.05, 3.63) is 59.7 Å². The number of hydrogen-bond acceptors (Lipinski definition) is 3. The summed E-state index contributed by atoms with van der Waals surface area (Å²) in [6.45, 7) is 1.53. The second kappa shape index (κ2) is 5.48. The monoisotopic (exact) mass is 281 g/mol. The van der Waals surface area contributed by atoms with Gasteiger partial charge in [0, 0.05) is 36.3 Å². The maximum absolute atomic E-state index is 7.70. The van der Waals surface area contributed by atoms with Crippen molar-refractivity contribution >= 4 is 11.5 Å². The van der Waals surface area contributed by atoms with Crippen LogP contribution in [0.2, 0.25) is 0 Å². The molecule has 108 valence electrons. The number of fused-ring (bicyclic) bond motifs is 1. The topological polar surface area (TPSA) is 62.3 Å². The summed E-state index contributed by atoms with van der Waals surface area (Å²) in [6, 6.07) is 15.9. The van der Waals surface area contributed by atoms with E-state index in [9.17, 15) is 0 Å². The average molecular weight is 281 g/mol. The van der Waals surface area contributed by atoms with Crippen LogP contribution < -0.4 is 15.4 Å². The molecule has 0 aliphatic carbocycles. The summed E-state index contributed by atoms with van der Waals surface area (Å²) in [5.41, 5.74) is 8.67. The molecule has 0 spiro atoms. The van der Waals surface area contributed by atoms with Crippen molar-refractivity contribution in [3.63, 3.8) is 0 Å². The van der Waals surface area contributed by atoms with Gasteiger partial charge in [0.15, 0.2) is 0 Å². The molecule has 4 nitrogen and oxygen atoms in total. The Kier molecular flexibility index (Phi) is 3.52. The summed E-state index contributed by atoms with van der Waals surface area (Å²) in [6.07, 6.45) is 0. The SMILES string of the molecule is CN(CC1COc2ccccc21)c1ccccc1C(=N)N. The van der Waals surface area contributed by atoms with Crippen LogP contribution >= 0.6 is 0 Å². The number of rotatable bonds is 4. The second-order valence-corrected chi connectivity index (χ2v) is 5.36. The van der Waals surface area contributed by atoms with E-state index >= 15 is 0 Å². The van der Waals surface area contributed by atoms with Crippen LogP contribution in [0.25, 0.3) is 0 Å². The predicted octanol–water partition coefficient (Wildman–Crippen LogP) is 2.58. The van der Waals surface area contributed by atoms with E-state index < -0.39 is 0 Å². The van der Waals surface area contributed by atoms with E-state index in [2.05, 4.69) is 11.0 Å². The van der Waals surface area contributed by atoms with Crippen molar-refractivity contribution in [3.8, 4) is 5.75 Å². The van der Waals surface area contributed by atoms with Gasteiger partial charge in [-0.25, -0.2) is 0 Å². The number of para-hydroxylation sites is 2. The van der Waals surface area contributed by atoms with Crippen molar-refractivity contribution in [2.45, 2.75) is 5.92 Å². The van der Waals surface area contributed by atoms with Crippen LogP contribution in [0.15, 0.2) is 48.5 Å². The van der Waals surface area contributed by atoms with E-state index in [0.29, 0.717) is 12.5 Å². The van der Waals surface area contributed by atoms with E-state index in [1.165, 1.54) is 5.56 Å². The fourth-order valence-electron chi connectivity index (χ4n) is 2.84. The molecule has 0 saturated heterocycles. The molecule has 0 amide bonds. The molecule has 1 aliphatic rings. The third-order valence-corrected chi connectivity index (χ3v) is 3.90. The first kappa shape index (κ1) is 13.5. The minimum atomic E-state index is 0.0977. The summed E-state index contributed by atoms with van der Waals surface area (Å²) >= 11 is 0. The zero-order valence-electron chi connectivity index (χ0n) is 12.0. The minimum Gasteiger partial charge on any atom is -0.493 e. The van der Waals surface area contributed by atoms with Crippen molar-refractivity contribution in [2.24, 2.45) is 5.73 Å². The number of nitrogen functional groups attached to an aromatic ring is 1. The van der Waals surface area contributed by atoms with Gasteiger partial charge in [-0.05, 0) is 18.2 Å². The largest absolute Gasteiger partial charge is 0.493 e. The molecule has 0 radical (unpaired) electrons. The van der Waals surface area contributed by atoms with Gasteiger partial charge in [0.2, 0.25) is 0 Å². The highest BCUT2D eigenvalue weighted by Gasteiger charge is 2.25. The highest BCUT2D eigenvalue weighted by atomic mass is 16.5. The summed E-state index contributed by atoms with van der Waals surface area (Å²) in [5, 5.41) is 7.70. The summed E-state index contributed by atoms with van der Waals surface area (Å²) in [5.74, 6) is 1.42. The molecule has 3 N–H and O–H groups in total. The lowest BCUT2D eigenvalue weighted by Gasteiger charge is -2.24. The molecule has 3 rings (SSSR count). The smallest absolute Gasteiger partial charge is 0.124 e. The zero-order chi connectivity index (χ0) is 14.8. The lowest BCUT2D eigenvalue weighted by Crippen LogP contribution is -2.27. The van der Waals surface area contributed by atoms with Gasteiger partial charge in [-0.2, -0.15) is 0 Å². The third-order valence-electron chi connectivity index (χ3n) is 3.90. The molecule has 0 aromatic heterocycles. The van der Waals surface area contributed by atoms with Crippen LogP contribution in [-0.4, -0.2) is 26.0 Å². The van der Waals surface area contributed by atoms with Crippen molar-refractivity contribution in [2.75, 3.05) is 25.1 Å². The maximum atomic E-state index is 7.70. The summed E-state index contributed by atoms with van der Waals surface area (Å²) in [4.78, 5) is 2.15. The standard InChI is InChI=1S/C17H19N3O/c1-20(15-8-4-2-7-14(15)17(18)19)10-12-11-21-16-9-5-3-6-13(12)16/h2-9,12H,10-11H2,1H3,(H3,18,19). The van der Waals surface area contributed by atoms with Crippen LogP contribution in [0.1, 0.15) is 17.0 Å². The first-order valence-corrected chi connectivity index (χ1v) is 7.03. The van der Waals surface area contributed by atoms with E-state index in [-0.39, 0.29) is 5.84 Å². The van der Waals surface area contributed by atoms with Crippen LogP contribution in [-0.2, 0) is 0 Å². The third kappa shape index (κ3) is 2.57. The molecular formula is C17H19N3O. The first-order chi connectivity index (χ1) is 10.2. The Balaban J connectivity index is 1.82. The molecule has 1 aliphatic heterocycles. The zero-order valence-corrected chi connectivity index (χ0v) is 12.0. The van der Waals surface area contributed by atoms with Gasteiger partial charge < -0.3 is 15.4 Å². The quantitative estimate of drug-likeness (QED) is 0.669. The lowest BCUT2D eigenvalue weighted by molar-refractivity contribution is 0.332. The van der Waals surface area contributed by atoms with E-state index in [1.54, 1.807) is 0 Å². The van der Waals surface area contributed by atoms with Gasteiger partial charge in [0.1, 0.15) is 11.6 Å². The Hall–Kier alpha value is -2.49. The second-order valence-electron chi connectivity index (χ2n) is 5.36. The molecule has 2 aromatic carbocycles. The van der Waals surface area contributed by atoms with Crippen molar-refractivity contribution in [1.82, 2.24) is 0 Å². The molecular weight excluding hydrogens is 262 g/mol. The summed E-state index contributed by atoms with van der Waals surface area (Å²) < 4.78 is 5.73. The fraction of sp³-hybridized carbons (Fsp3) is 0.235. The predicted molar refractivity (Wildman–Crippen MR) is 85.4 cm³/mol. The molecule has 0 bridgehead atoms. The van der Waals surface area contributed by atoms with Crippen molar-refractivity contribution < 1.29 is 4.74 Å². The van der Waals surface area contributed by atoms with Gasteiger partial charge in [0.05, 0.1) is 6.61 Å². The first-order valence-electron chi connectivity index (χ1n) is 7.03. The van der Waals surface area contributed by atoms with Gasteiger partial charge >= 0.3 is 0 Å². The van der Waals surface area contributed by atoms with Crippen LogP contribution in [0, 0.1) is 5.41 Å². The molecule has 4 heteroatoms. The van der Waals surface area contributed by atoms with Crippen molar-refractivity contribution in [1.29, 1.82) is 5.41 Å². The number of ether oxygens (including phenoxy) is 1. The Morgan fingerprint density at radius 2 is 1.95 bits per heavy atom. The molecule has 21 heavy (non-hydrogen) atoms. The Morgan fingerprint density at radius 1 is 1.24 bits per heavy atom. The number of likely N-dealkylation sites (N-methyl/N-ethyl adjacent to an activating group) is 1. The molecule has 0 fully saturated rings. The number of hydrogen-bond donors (Lipinski definition) is 2. The number of amidine groups is 1. The van der Waals surface area contributed by atoms with Gasteiger partial charge in [0.25, 0.3) is 0 Å². The normalized spacial score (nSPS) is 16.1. The van der Waals surface area contributed by atoms with Gasteiger partial charge in [-0.15, -0.1) is 0 Å². The molecule has 1 unspecified atom stereocenters. The minimum absolute atomic E-state index is 0.0977. The Labute approximate surface area is 124 Å². The molecule has 0 saturated carbocycles. The highest BCUT2D eigenvalue weighted by Crippen LogP contribution is 2.34. The van der Waals surface area contributed by atoms with Gasteiger partial charge in [-0.3, -0.25) is 5.41 Å². The Bertz CT molecular complexity index is 669. The van der Waals surface area contributed by atoms with E-state index in [4.69, 9.17) is 15.9 Å². The van der Waals surface area contributed by atoms with E-state index in [1.807, 2.05) is 49.5 Å². The molecule has 1 atom stereocenters. The fourth-order valence-corrected chi connectivity index (χ4v) is 2.84. The highest BCUT2D eigenvalue weighted by molar-refractivity contribution is 6.00. The number of benzene rings is 2. The maximum Gasteiger partial charge on any atom is 0.124 e. The Morgan fingerprint density at radius 3 is 2.76 bits per heavy atom. The van der Waals surface area contributed by atoms with E-state index in [0.717, 1.165) is 23.5 Å². The van der Waals surface area contributed by atoms with Crippen LogP contribution in [0.5, 0.6) is 5.75 Å². The van der Waals surface area contributed by atoms with Crippen LogP contribution in [0.4, 0.5) is 5.69 Å². The average Bonchev–Trinajstić information content (AvgIpc) is 2.90.